The van der Waals surface area contributed by atoms with Crippen LogP contribution in [0.2, 0.25) is 0 Å². The van der Waals surface area contributed by atoms with Crippen molar-refractivity contribution in [3.8, 4) is 0 Å². The van der Waals surface area contributed by atoms with E-state index in [2.05, 4.69) is 10.0 Å². The fourth-order valence-corrected chi connectivity index (χ4v) is 5.82. The molecule has 1 saturated heterocycles. The molecule has 3 rings (SSSR count). The zero-order chi connectivity index (χ0) is 21.8. The van der Waals surface area contributed by atoms with Crippen molar-refractivity contribution in [3.63, 3.8) is 0 Å². The zero-order valence-corrected chi connectivity index (χ0v) is 18.3. The van der Waals surface area contributed by atoms with Gasteiger partial charge in [0.15, 0.2) is 0 Å². The fourth-order valence-electron chi connectivity index (χ4n) is 3.22. The molecule has 0 saturated carbocycles. The molecule has 0 radical (unpaired) electrons. The number of amides is 1. The lowest BCUT2D eigenvalue weighted by Gasteiger charge is -2.15. The second-order valence-corrected chi connectivity index (χ2v) is 10.7. The third kappa shape index (κ3) is 5.07. The molecule has 0 spiro atoms. The Kier molecular flexibility index (Phi) is 6.91. The standard InChI is InChI=1S/C20H25N3O5S2/c1-2-22-29(25,26)19-7-5-6-17(14-19)20(24)21-15-16-8-10-18(11-9-16)30(27,28)23-12-3-4-13-23/h5-11,14,22H,2-4,12-13,15H2,1H3,(H,21,24). The summed E-state index contributed by atoms with van der Waals surface area (Å²) in [6.07, 6.45) is 1.75. The minimum Gasteiger partial charge on any atom is -0.348 e. The smallest absolute Gasteiger partial charge is 0.251 e. The van der Waals surface area contributed by atoms with Gasteiger partial charge in [-0.3, -0.25) is 4.79 Å². The first-order valence-corrected chi connectivity index (χ1v) is 12.6. The Labute approximate surface area is 177 Å². The molecule has 1 aliphatic rings. The summed E-state index contributed by atoms with van der Waals surface area (Å²) >= 11 is 0. The molecule has 2 aromatic carbocycles. The van der Waals surface area contributed by atoms with Crippen molar-refractivity contribution in [2.24, 2.45) is 0 Å². The van der Waals surface area contributed by atoms with Gasteiger partial charge in [0.2, 0.25) is 20.0 Å². The molecule has 30 heavy (non-hydrogen) atoms. The Bertz CT molecular complexity index is 1110. The van der Waals surface area contributed by atoms with E-state index < -0.39 is 26.0 Å². The highest BCUT2D eigenvalue weighted by atomic mass is 32.2. The number of nitrogens with one attached hydrogen (secondary N) is 2. The normalized spacial score (nSPS) is 15.2. The van der Waals surface area contributed by atoms with E-state index >= 15 is 0 Å². The maximum absolute atomic E-state index is 12.6. The third-order valence-corrected chi connectivity index (χ3v) is 8.28. The maximum Gasteiger partial charge on any atom is 0.251 e. The lowest BCUT2D eigenvalue weighted by Crippen LogP contribution is -2.28. The summed E-state index contributed by atoms with van der Waals surface area (Å²) < 4.78 is 53.2. The minimum absolute atomic E-state index is 0.0217. The van der Waals surface area contributed by atoms with Gasteiger partial charge in [-0.05, 0) is 48.7 Å². The first kappa shape index (κ1) is 22.4. The molecule has 2 N–H and O–H groups in total. The Hall–Kier alpha value is -2.27. The predicted molar refractivity (Wildman–Crippen MR) is 113 cm³/mol. The molecule has 1 aliphatic heterocycles. The van der Waals surface area contributed by atoms with Crippen molar-refractivity contribution >= 4 is 26.0 Å². The molecule has 162 valence electrons. The molecule has 0 aromatic heterocycles. The van der Waals surface area contributed by atoms with Gasteiger partial charge in [0.1, 0.15) is 0 Å². The molecule has 2 aromatic rings. The lowest BCUT2D eigenvalue weighted by atomic mass is 10.2. The first-order chi connectivity index (χ1) is 14.2. The summed E-state index contributed by atoms with van der Waals surface area (Å²) in [7, 11) is -7.12. The number of carbonyl (C=O) groups is 1. The van der Waals surface area contributed by atoms with Crippen LogP contribution >= 0.6 is 0 Å². The average Bonchev–Trinajstić information content (AvgIpc) is 3.28. The van der Waals surface area contributed by atoms with Crippen molar-refractivity contribution in [1.29, 1.82) is 0 Å². The summed E-state index contributed by atoms with van der Waals surface area (Å²) in [5.41, 5.74) is 0.961. The fraction of sp³-hybridized carbons (Fsp3) is 0.350. The number of sulfonamides is 2. The SMILES string of the molecule is CCNS(=O)(=O)c1cccc(C(=O)NCc2ccc(S(=O)(=O)N3CCCC3)cc2)c1. The first-order valence-electron chi connectivity index (χ1n) is 9.71. The molecule has 1 heterocycles. The van der Waals surface area contributed by atoms with E-state index in [1.54, 1.807) is 31.2 Å². The zero-order valence-electron chi connectivity index (χ0n) is 16.7. The summed E-state index contributed by atoms with van der Waals surface area (Å²) in [6.45, 7) is 3.20. The van der Waals surface area contributed by atoms with Gasteiger partial charge in [0, 0.05) is 31.7 Å². The van der Waals surface area contributed by atoms with Gasteiger partial charge in [0.25, 0.3) is 5.91 Å². The minimum atomic E-state index is -3.65. The van der Waals surface area contributed by atoms with Crippen LogP contribution in [0, 0.1) is 0 Å². The van der Waals surface area contributed by atoms with E-state index in [4.69, 9.17) is 0 Å². The Balaban J connectivity index is 1.65. The number of benzene rings is 2. The summed E-state index contributed by atoms with van der Waals surface area (Å²) in [6, 6.07) is 12.2. The van der Waals surface area contributed by atoms with E-state index in [1.165, 1.54) is 28.6 Å². The van der Waals surface area contributed by atoms with Crippen molar-refractivity contribution in [2.45, 2.75) is 36.1 Å². The number of carbonyl (C=O) groups excluding carboxylic acids is 1. The van der Waals surface area contributed by atoms with Gasteiger partial charge in [-0.15, -0.1) is 0 Å². The molecular formula is C20H25N3O5S2. The maximum atomic E-state index is 12.6. The quantitative estimate of drug-likeness (QED) is 0.634. The van der Waals surface area contributed by atoms with E-state index in [-0.39, 0.29) is 28.4 Å². The van der Waals surface area contributed by atoms with E-state index in [0.29, 0.717) is 13.1 Å². The third-order valence-electron chi connectivity index (χ3n) is 4.82. The second-order valence-electron chi connectivity index (χ2n) is 6.97. The topological polar surface area (TPSA) is 113 Å². The van der Waals surface area contributed by atoms with E-state index in [0.717, 1.165) is 18.4 Å². The van der Waals surface area contributed by atoms with E-state index in [9.17, 15) is 21.6 Å². The highest BCUT2D eigenvalue weighted by Gasteiger charge is 2.26. The largest absolute Gasteiger partial charge is 0.348 e. The summed E-state index contributed by atoms with van der Waals surface area (Å²) in [5.74, 6) is -0.419. The van der Waals surface area contributed by atoms with Crippen LogP contribution in [0.3, 0.4) is 0 Å². The number of rotatable bonds is 8. The molecule has 0 atom stereocenters. The van der Waals surface area contributed by atoms with Crippen LogP contribution in [-0.2, 0) is 26.6 Å². The second kappa shape index (κ2) is 9.25. The highest BCUT2D eigenvalue weighted by molar-refractivity contribution is 7.89. The number of hydrogen-bond acceptors (Lipinski definition) is 5. The van der Waals surface area contributed by atoms with Gasteiger partial charge >= 0.3 is 0 Å². The molecule has 8 nitrogen and oxygen atoms in total. The van der Waals surface area contributed by atoms with Crippen LogP contribution in [0.25, 0.3) is 0 Å². The molecule has 1 amide bonds. The molecule has 1 fully saturated rings. The number of nitrogens with zero attached hydrogens (tertiary/aromatic N) is 1. The molecule has 0 aliphatic carbocycles. The molecule has 0 unspecified atom stereocenters. The Morgan fingerprint density at radius 1 is 0.967 bits per heavy atom. The Morgan fingerprint density at radius 2 is 1.63 bits per heavy atom. The molecule has 0 bridgehead atoms. The predicted octanol–water partition coefficient (Wildman–Crippen LogP) is 1.70. The average molecular weight is 452 g/mol. The van der Waals surface area contributed by atoms with Crippen molar-refractivity contribution < 1.29 is 21.6 Å². The van der Waals surface area contributed by atoms with Gasteiger partial charge in [-0.25, -0.2) is 21.6 Å². The lowest BCUT2D eigenvalue weighted by molar-refractivity contribution is 0.0950. The van der Waals surface area contributed by atoms with Crippen LogP contribution < -0.4 is 10.0 Å². The summed E-state index contributed by atoms with van der Waals surface area (Å²) in [5, 5.41) is 2.73. The highest BCUT2D eigenvalue weighted by Crippen LogP contribution is 2.21. The summed E-state index contributed by atoms with van der Waals surface area (Å²) in [4.78, 5) is 12.7. The van der Waals surface area contributed by atoms with Crippen LogP contribution in [0.4, 0.5) is 0 Å². The monoisotopic (exact) mass is 451 g/mol. The molecular weight excluding hydrogens is 426 g/mol. The van der Waals surface area contributed by atoms with Crippen molar-refractivity contribution in [3.05, 3.63) is 59.7 Å². The number of hydrogen-bond donors (Lipinski definition) is 2. The van der Waals surface area contributed by atoms with Crippen LogP contribution in [0.1, 0.15) is 35.7 Å². The van der Waals surface area contributed by atoms with Crippen molar-refractivity contribution in [1.82, 2.24) is 14.3 Å². The van der Waals surface area contributed by atoms with Gasteiger partial charge in [-0.1, -0.05) is 25.1 Å². The van der Waals surface area contributed by atoms with Crippen LogP contribution in [0.15, 0.2) is 58.3 Å². The van der Waals surface area contributed by atoms with E-state index in [1.807, 2.05) is 0 Å². The van der Waals surface area contributed by atoms with Gasteiger partial charge in [0.05, 0.1) is 9.79 Å². The van der Waals surface area contributed by atoms with Crippen LogP contribution in [0.5, 0.6) is 0 Å². The van der Waals surface area contributed by atoms with Crippen molar-refractivity contribution in [2.75, 3.05) is 19.6 Å². The van der Waals surface area contributed by atoms with Gasteiger partial charge < -0.3 is 5.32 Å². The van der Waals surface area contributed by atoms with Crippen LogP contribution in [-0.4, -0.2) is 46.7 Å². The molecule has 10 heteroatoms. The van der Waals surface area contributed by atoms with Gasteiger partial charge in [-0.2, -0.15) is 4.31 Å². The Morgan fingerprint density at radius 3 is 2.27 bits per heavy atom.